The Morgan fingerprint density at radius 2 is 1.48 bits per heavy atom. The summed E-state index contributed by atoms with van der Waals surface area (Å²) in [5.41, 5.74) is 0.316. The molecular weight excluding hydrogens is 380 g/mol. The lowest BCUT2D eigenvalue weighted by molar-refractivity contribution is -0.122. The summed E-state index contributed by atoms with van der Waals surface area (Å²) in [6.07, 6.45) is 0. The minimum absolute atomic E-state index is 0.362. The largest absolute Gasteiger partial charge is 0.457 e. The van der Waals surface area contributed by atoms with E-state index in [1.165, 1.54) is 0 Å². The van der Waals surface area contributed by atoms with Crippen molar-refractivity contribution in [3.63, 3.8) is 0 Å². The van der Waals surface area contributed by atoms with Gasteiger partial charge in [-0.25, -0.2) is 0 Å². The average Bonchev–Trinajstić information content (AvgIpc) is 2.51. The predicted octanol–water partition coefficient (Wildman–Crippen LogP) is 4.98. The van der Waals surface area contributed by atoms with Crippen LogP contribution in [-0.4, -0.2) is 15.2 Å². The minimum atomic E-state index is -1.80. The Morgan fingerprint density at radius 3 is 1.96 bits per heavy atom. The molecule has 1 atom stereocenters. The Hall–Kier alpha value is -1.13. The van der Waals surface area contributed by atoms with Crippen LogP contribution >= 0.6 is 46.4 Å². The van der Waals surface area contributed by atoms with E-state index in [9.17, 15) is 4.79 Å². The van der Waals surface area contributed by atoms with Gasteiger partial charge in [0.15, 0.2) is 5.50 Å². The SMILES string of the molecule is O=C(NC(Cl)C(Cl)(Cl)Cl)C1c2ccccc2Oc2ccccc21. The molecule has 2 aromatic rings. The van der Waals surface area contributed by atoms with Crippen LogP contribution in [-0.2, 0) is 4.79 Å². The topological polar surface area (TPSA) is 38.3 Å². The van der Waals surface area contributed by atoms with Crippen LogP contribution in [0.15, 0.2) is 48.5 Å². The lowest BCUT2D eigenvalue weighted by Crippen LogP contribution is -2.42. The summed E-state index contributed by atoms with van der Waals surface area (Å²) in [5.74, 6) is 0.280. The second-order valence-electron chi connectivity index (χ2n) is 5.02. The van der Waals surface area contributed by atoms with Gasteiger partial charge in [-0.05, 0) is 12.1 Å². The summed E-state index contributed by atoms with van der Waals surface area (Å²) in [5, 5.41) is 2.55. The number of carbonyl (C=O) groups is 1. The molecule has 1 N–H and O–H groups in total. The molecule has 0 fully saturated rings. The molecule has 0 aromatic heterocycles. The highest BCUT2D eigenvalue weighted by atomic mass is 35.6. The number of nitrogens with one attached hydrogen (secondary N) is 1. The van der Waals surface area contributed by atoms with Crippen LogP contribution in [0.25, 0.3) is 0 Å². The molecule has 2 aromatic carbocycles. The Bertz CT molecular complexity index is 699. The average molecular weight is 391 g/mol. The van der Waals surface area contributed by atoms with Crippen LogP contribution < -0.4 is 10.1 Å². The molecule has 1 amide bonds. The van der Waals surface area contributed by atoms with Crippen LogP contribution in [0.5, 0.6) is 11.5 Å². The lowest BCUT2D eigenvalue weighted by atomic mass is 9.87. The fourth-order valence-corrected chi connectivity index (χ4v) is 2.75. The van der Waals surface area contributed by atoms with Crippen LogP contribution in [0.2, 0.25) is 0 Å². The molecule has 3 rings (SSSR count). The molecule has 0 radical (unpaired) electrons. The van der Waals surface area contributed by atoms with E-state index >= 15 is 0 Å². The molecule has 1 aliphatic rings. The molecule has 1 aliphatic heterocycles. The summed E-state index contributed by atoms with van der Waals surface area (Å²) >= 11 is 23.1. The van der Waals surface area contributed by atoms with Crippen molar-refractivity contribution in [2.45, 2.75) is 15.2 Å². The van der Waals surface area contributed by atoms with Crippen LogP contribution in [0.1, 0.15) is 17.0 Å². The lowest BCUT2D eigenvalue weighted by Gasteiger charge is -2.29. The van der Waals surface area contributed by atoms with Gasteiger partial charge in [0.05, 0.1) is 5.92 Å². The molecule has 3 nitrogen and oxygen atoms in total. The summed E-state index contributed by atoms with van der Waals surface area (Å²) in [4.78, 5) is 12.8. The molecule has 0 saturated heterocycles. The zero-order chi connectivity index (χ0) is 16.6. The van der Waals surface area contributed by atoms with Gasteiger partial charge in [0.25, 0.3) is 0 Å². The number of rotatable bonds is 2. The number of hydrogen-bond acceptors (Lipinski definition) is 2. The first-order valence-electron chi connectivity index (χ1n) is 6.75. The van der Waals surface area contributed by atoms with Crippen LogP contribution in [0, 0.1) is 0 Å². The molecule has 0 bridgehead atoms. The number of amides is 1. The van der Waals surface area contributed by atoms with E-state index in [0.717, 1.165) is 11.1 Å². The fraction of sp³-hybridized carbons (Fsp3) is 0.188. The molecule has 0 spiro atoms. The Labute approximate surface area is 153 Å². The molecule has 0 saturated carbocycles. The summed E-state index contributed by atoms with van der Waals surface area (Å²) in [6, 6.07) is 14.6. The molecular formula is C16H11Cl4NO2. The maximum absolute atomic E-state index is 12.8. The number of carbonyl (C=O) groups excluding carboxylic acids is 1. The summed E-state index contributed by atoms with van der Waals surface area (Å²) in [6.45, 7) is 0. The molecule has 0 aliphatic carbocycles. The normalized spacial score (nSPS) is 15.1. The van der Waals surface area contributed by atoms with E-state index in [0.29, 0.717) is 11.5 Å². The van der Waals surface area contributed by atoms with Gasteiger partial charge in [-0.3, -0.25) is 4.79 Å². The second-order valence-corrected chi connectivity index (χ2v) is 7.83. The van der Waals surface area contributed by atoms with E-state index in [4.69, 9.17) is 51.1 Å². The van der Waals surface area contributed by atoms with Gasteiger partial charge in [-0.1, -0.05) is 82.8 Å². The third kappa shape index (κ3) is 3.38. The van der Waals surface area contributed by atoms with Crippen LogP contribution in [0.3, 0.4) is 0 Å². The monoisotopic (exact) mass is 389 g/mol. The standard InChI is InChI=1S/C16H11Cl4NO2/c17-15(16(18,19)20)21-14(22)13-9-5-1-3-7-11(9)23-12-8-4-2-6-10(12)13/h1-8,13,15H,(H,21,22). The smallest absolute Gasteiger partial charge is 0.233 e. The van der Waals surface area contributed by atoms with E-state index < -0.39 is 15.2 Å². The van der Waals surface area contributed by atoms with Crippen molar-refractivity contribution in [3.05, 3.63) is 59.7 Å². The first-order chi connectivity index (χ1) is 10.9. The number of alkyl halides is 4. The molecule has 1 unspecified atom stereocenters. The highest BCUT2D eigenvalue weighted by molar-refractivity contribution is 6.70. The number of hydrogen-bond donors (Lipinski definition) is 1. The van der Waals surface area contributed by atoms with Gasteiger partial charge in [0, 0.05) is 11.1 Å². The number of halogens is 4. The summed E-state index contributed by atoms with van der Waals surface area (Å²) < 4.78 is 4.03. The third-order valence-electron chi connectivity index (χ3n) is 3.50. The van der Waals surface area contributed by atoms with E-state index in [1.807, 2.05) is 36.4 Å². The van der Waals surface area contributed by atoms with Crippen molar-refractivity contribution in [3.8, 4) is 11.5 Å². The zero-order valence-electron chi connectivity index (χ0n) is 11.6. The minimum Gasteiger partial charge on any atom is -0.457 e. The molecule has 120 valence electrons. The predicted molar refractivity (Wildman–Crippen MR) is 92.9 cm³/mol. The van der Waals surface area contributed by atoms with Gasteiger partial charge < -0.3 is 10.1 Å². The highest BCUT2D eigenvalue weighted by Gasteiger charge is 2.37. The van der Waals surface area contributed by atoms with Gasteiger partial charge >= 0.3 is 0 Å². The van der Waals surface area contributed by atoms with Crippen molar-refractivity contribution in [2.75, 3.05) is 0 Å². The number of benzene rings is 2. The third-order valence-corrected chi connectivity index (χ3v) is 4.92. The number of fused-ring (bicyclic) bond motifs is 2. The Balaban J connectivity index is 2.00. The molecule has 1 heterocycles. The van der Waals surface area contributed by atoms with Crippen molar-refractivity contribution >= 4 is 52.3 Å². The first-order valence-corrected chi connectivity index (χ1v) is 8.32. The van der Waals surface area contributed by atoms with Gasteiger partial charge in [-0.2, -0.15) is 0 Å². The Kier molecular flexibility index (Phi) is 4.65. The highest BCUT2D eigenvalue weighted by Crippen LogP contribution is 2.44. The van der Waals surface area contributed by atoms with E-state index in [1.54, 1.807) is 12.1 Å². The van der Waals surface area contributed by atoms with E-state index in [2.05, 4.69) is 5.32 Å². The van der Waals surface area contributed by atoms with Gasteiger partial charge in [-0.15, -0.1) is 0 Å². The van der Waals surface area contributed by atoms with Crippen molar-refractivity contribution < 1.29 is 9.53 Å². The van der Waals surface area contributed by atoms with Crippen molar-refractivity contribution in [2.24, 2.45) is 0 Å². The van der Waals surface area contributed by atoms with Crippen molar-refractivity contribution in [1.29, 1.82) is 0 Å². The van der Waals surface area contributed by atoms with Gasteiger partial charge in [0.2, 0.25) is 9.70 Å². The zero-order valence-corrected chi connectivity index (χ0v) is 14.6. The molecule has 23 heavy (non-hydrogen) atoms. The summed E-state index contributed by atoms with van der Waals surface area (Å²) in [7, 11) is 0. The number of ether oxygens (including phenoxy) is 1. The Morgan fingerprint density at radius 1 is 1.00 bits per heavy atom. The number of para-hydroxylation sites is 2. The molecule has 7 heteroatoms. The first kappa shape index (κ1) is 16.7. The second kappa shape index (κ2) is 6.40. The van der Waals surface area contributed by atoms with Crippen LogP contribution in [0.4, 0.5) is 0 Å². The quantitative estimate of drug-likeness (QED) is 0.580. The maximum atomic E-state index is 12.8. The van der Waals surface area contributed by atoms with Crippen molar-refractivity contribution in [1.82, 2.24) is 5.32 Å². The fourth-order valence-electron chi connectivity index (χ4n) is 2.48. The van der Waals surface area contributed by atoms with E-state index in [-0.39, 0.29) is 5.91 Å². The van der Waals surface area contributed by atoms with Gasteiger partial charge in [0.1, 0.15) is 11.5 Å². The maximum Gasteiger partial charge on any atom is 0.233 e.